The summed E-state index contributed by atoms with van der Waals surface area (Å²) in [6, 6.07) is 16.8. The molecule has 146 valence electrons. The van der Waals surface area contributed by atoms with Crippen molar-refractivity contribution in [1.82, 2.24) is 10.2 Å². The smallest absolute Gasteiger partial charge is 0.322 e. The van der Waals surface area contributed by atoms with Gasteiger partial charge in [-0.1, -0.05) is 29.8 Å². The molecule has 2 aromatic carbocycles. The average Bonchev–Trinajstić information content (AvgIpc) is 2.69. The first-order chi connectivity index (χ1) is 13.6. The molecule has 4 rings (SSSR count). The highest BCUT2D eigenvalue weighted by molar-refractivity contribution is 6.30. The molecule has 0 aliphatic carbocycles. The third-order valence-corrected chi connectivity index (χ3v) is 5.93. The van der Waals surface area contributed by atoms with Crippen molar-refractivity contribution < 1.29 is 9.59 Å². The van der Waals surface area contributed by atoms with E-state index >= 15 is 0 Å². The average molecular weight is 398 g/mol. The second-order valence-corrected chi connectivity index (χ2v) is 8.03. The predicted molar refractivity (Wildman–Crippen MR) is 111 cm³/mol. The van der Waals surface area contributed by atoms with Crippen LogP contribution in [0.5, 0.6) is 0 Å². The molecule has 2 fully saturated rings. The Labute approximate surface area is 170 Å². The van der Waals surface area contributed by atoms with Crippen LogP contribution in [0.4, 0.5) is 10.5 Å². The molecule has 28 heavy (non-hydrogen) atoms. The minimum absolute atomic E-state index is 0.0391. The molecular weight excluding hydrogens is 374 g/mol. The van der Waals surface area contributed by atoms with Gasteiger partial charge in [0.05, 0.1) is 0 Å². The molecule has 0 aromatic heterocycles. The van der Waals surface area contributed by atoms with E-state index in [0.29, 0.717) is 10.6 Å². The van der Waals surface area contributed by atoms with E-state index in [9.17, 15) is 9.59 Å². The van der Waals surface area contributed by atoms with E-state index in [1.807, 2.05) is 47.4 Å². The molecule has 2 N–H and O–H groups in total. The van der Waals surface area contributed by atoms with Gasteiger partial charge < -0.3 is 15.5 Å². The Morgan fingerprint density at radius 2 is 1.57 bits per heavy atom. The van der Waals surface area contributed by atoms with Gasteiger partial charge in [0.15, 0.2) is 0 Å². The summed E-state index contributed by atoms with van der Waals surface area (Å²) < 4.78 is 0. The topological polar surface area (TPSA) is 61.4 Å². The fraction of sp³-hybridized carbons (Fsp3) is 0.364. The molecule has 2 heterocycles. The Morgan fingerprint density at radius 1 is 0.929 bits per heavy atom. The number of fused-ring (bicyclic) bond motifs is 2. The summed E-state index contributed by atoms with van der Waals surface area (Å²) in [5, 5.41) is 6.80. The van der Waals surface area contributed by atoms with E-state index in [-0.39, 0.29) is 30.1 Å². The van der Waals surface area contributed by atoms with E-state index in [1.165, 1.54) is 0 Å². The molecule has 0 radical (unpaired) electrons. The molecule has 2 aliphatic rings. The van der Waals surface area contributed by atoms with Gasteiger partial charge in [-0.2, -0.15) is 0 Å². The lowest BCUT2D eigenvalue weighted by Crippen LogP contribution is -2.59. The van der Waals surface area contributed by atoms with Crippen molar-refractivity contribution in [3.8, 4) is 0 Å². The van der Waals surface area contributed by atoms with E-state index in [2.05, 4.69) is 10.6 Å². The fourth-order valence-electron chi connectivity index (χ4n) is 4.41. The van der Waals surface area contributed by atoms with Crippen molar-refractivity contribution in [2.24, 2.45) is 0 Å². The summed E-state index contributed by atoms with van der Waals surface area (Å²) >= 11 is 5.92. The molecule has 5 nitrogen and oxygen atoms in total. The molecule has 2 atom stereocenters. The summed E-state index contributed by atoms with van der Waals surface area (Å²) in [6.45, 7) is 0. The number of amides is 3. The van der Waals surface area contributed by atoms with Crippen LogP contribution in [0, 0.1) is 0 Å². The number of carbonyl (C=O) groups excluding carboxylic acids is 2. The second-order valence-electron chi connectivity index (χ2n) is 7.59. The monoisotopic (exact) mass is 397 g/mol. The zero-order valence-corrected chi connectivity index (χ0v) is 16.4. The van der Waals surface area contributed by atoms with Crippen LogP contribution in [0.3, 0.4) is 0 Å². The van der Waals surface area contributed by atoms with Crippen molar-refractivity contribution in [2.45, 2.75) is 50.2 Å². The summed E-state index contributed by atoms with van der Waals surface area (Å²) in [6.07, 6.45) is 4.66. The molecular formula is C22H24ClN3O2. The van der Waals surface area contributed by atoms with E-state index < -0.39 is 0 Å². The molecule has 2 unspecified atom stereocenters. The number of piperidine rings is 2. The van der Waals surface area contributed by atoms with Gasteiger partial charge in [-0.15, -0.1) is 0 Å². The van der Waals surface area contributed by atoms with Crippen LogP contribution in [0.15, 0.2) is 54.6 Å². The molecule has 2 saturated heterocycles. The lowest BCUT2D eigenvalue weighted by atomic mass is 9.82. The van der Waals surface area contributed by atoms with E-state index in [0.717, 1.165) is 37.8 Å². The first-order valence-corrected chi connectivity index (χ1v) is 10.2. The van der Waals surface area contributed by atoms with Crippen molar-refractivity contribution in [2.75, 3.05) is 5.32 Å². The van der Waals surface area contributed by atoms with Crippen LogP contribution < -0.4 is 10.6 Å². The van der Waals surface area contributed by atoms with E-state index in [4.69, 9.17) is 11.6 Å². The van der Waals surface area contributed by atoms with Crippen LogP contribution in [0.25, 0.3) is 0 Å². The summed E-state index contributed by atoms with van der Waals surface area (Å²) in [4.78, 5) is 27.4. The van der Waals surface area contributed by atoms with Gasteiger partial charge in [-0.25, -0.2) is 4.79 Å². The minimum atomic E-state index is -0.0649. The fourth-order valence-corrected chi connectivity index (χ4v) is 4.54. The largest absolute Gasteiger partial charge is 0.349 e. The second kappa shape index (κ2) is 8.23. The highest BCUT2D eigenvalue weighted by atomic mass is 35.5. The number of hydrogen-bond donors (Lipinski definition) is 2. The summed E-state index contributed by atoms with van der Waals surface area (Å²) in [7, 11) is 0. The van der Waals surface area contributed by atoms with Crippen LogP contribution in [-0.2, 0) is 0 Å². The third kappa shape index (κ3) is 4.14. The van der Waals surface area contributed by atoms with Crippen LogP contribution in [0.1, 0.15) is 42.5 Å². The highest BCUT2D eigenvalue weighted by Crippen LogP contribution is 2.34. The standard InChI is InChI=1S/C22H24ClN3O2/c23-16-9-11-17(12-10-16)25-22(28)26-19-7-4-8-20(26)14-18(13-19)24-21(27)15-5-2-1-3-6-15/h1-3,5-6,9-12,18-20H,4,7-8,13-14H2,(H,24,27)(H,25,28). The predicted octanol–water partition coefficient (Wildman–Crippen LogP) is 4.69. The van der Waals surface area contributed by atoms with Crippen molar-refractivity contribution >= 4 is 29.2 Å². The van der Waals surface area contributed by atoms with Gasteiger partial charge in [-0.05, 0) is 68.5 Å². The van der Waals surface area contributed by atoms with Gasteiger partial charge in [0.1, 0.15) is 0 Å². The Balaban J connectivity index is 1.41. The van der Waals surface area contributed by atoms with Crippen molar-refractivity contribution in [3.05, 3.63) is 65.2 Å². The molecule has 2 aliphatic heterocycles. The number of rotatable bonds is 3. The molecule has 2 aromatic rings. The zero-order chi connectivity index (χ0) is 19.5. The molecule has 2 bridgehead atoms. The third-order valence-electron chi connectivity index (χ3n) is 5.68. The number of hydrogen-bond acceptors (Lipinski definition) is 2. The van der Waals surface area contributed by atoms with Crippen LogP contribution in [-0.4, -0.2) is 35.0 Å². The number of benzene rings is 2. The molecule has 0 spiro atoms. The Morgan fingerprint density at radius 3 is 2.21 bits per heavy atom. The van der Waals surface area contributed by atoms with Crippen LogP contribution >= 0.6 is 11.6 Å². The quantitative estimate of drug-likeness (QED) is 0.789. The maximum Gasteiger partial charge on any atom is 0.322 e. The number of carbonyl (C=O) groups is 2. The van der Waals surface area contributed by atoms with Crippen molar-refractivity contribution in [1.29, 1.82) is 0 Å². The zero-order valence-electron chi connectivity index (χ0n) is 15.6. The highest BCUT2D eigenvalue weighted by Gasteiger charge is 2.41. The SMILES string of the molecule is O=C(NC1CC2CCCC(C1)N2C(=O)Nc1ccc(Cl)cc1)c1ccccc1. The summed E-state index contributed by atoms with van der Waals surface area (Å²) in [5.41, 5.74) is 1.42. The van der Waals surface area contributed by atoms with Gasteiger partial charge in [0.25, 0.3) is 5.91 Å². The van der Waals surface area contributed by atoms with Gasteiger partial charge in [0.2, 0.25) is 0 Å². The minimum Gasteiger partial charge on any atom is -0.349 e. The Bertz CT molecular complexity index is 827. The van der Waals surface area contributed by atoms with Gasteiger partial charge in [0, 0.05) is 34.4 Å². The first kappa shape index (κ1) is 18.8. The van der Waals surface area contributed by atoms with E-state index in [1.54, 1.807) is 12.1 Å². The number of anilines is 1. The maximum atomic E-state index is 12.9. The molecule has 0 saturated carbocycles. The van der Waals surface area contributed by atoms with Gasteiger partial charge in [-0.3, -0.25) is 4.79 Å². The number of nitrogens with zero attached hydrogens (tertiary/aromatic N) is 1. The summed E-state index contributed by atoms with van der Waals surface area (Å²) in [5.74, 6) is -0.0391. The van der Waals surface area contributed by atoms with Crippen molar-refractivity contribution in [3.63, 3.8) is 0 Å². The number of halogens is 1. The molecule has 3 amide bonds. The normalized spacial score (nSPS) is 23.8. The lowest BCUT2D eigenvalue weighted by Gasteiger charge is -2.48. The Kier molecular flexibility index (Phi) is 5.53. The number of urea groups is 1. The van der Waals surface area contributed by atoms with Gasteiger partial charge >= 0.3 is 6.03 Å². The molecule has 6 heteroatoms. The lowest BCUT2D eigenvalue weighted by molar-refractivity contribution is 0.0577. The van der Waals surface area contributed by atoms with Crippen LogP contribution in [0.2, 0.25) is 5.02 Å². The number of nitrogens with one attached hydrogen (secondary N) is 2. The Hall–Kier alpha value is -2.53. The maximum absolute atomic E-state index is 12.9. The first-order valence-electron chi connectivity index (χ1n) is 9.81.